The molecule has 80 valence electrons. The predicted molar refractivity (Wildman–Crippen MR) is 63.2 cm³/mol. The minimum atomic E-state index is 0.650. The van der Waals surface area contributed by atoms with Crippen LogP contribution in [0.3, 0.4) is 0 Å². The van der Waals surface area contributed by atoms with E-state index < -0.39 is 0 Å². The quantitative estimate of drug-likeness (QED) is 0.736. The Hall–Kier alpha value is -0.820. The second-order valence-corrected chi connectivity index (χ2v) is 4.93. The molecule has 1 nitrogen and oxygen atoms in total. The van der Waals surface area contributed by atoms with Gasteiger partial charge in [-0.2, -0.15) is 0 Å². The van der Waals surface area contributed by atoms with Gasteiger partial charge in [0.15, 0.2) is 0 Å². The van der Waals surface area contributed by atoms with Crippen molar-refractivity contribution < 1.29 is 0 Å². The van der Waals surface area contributed by atoms with Crippen LogP contribution in [-0.2, 0) is 12.8 Å². The molecule has 0 saturated carbocycles. The standard InChI is InChI=1S/C14H19N/c1-10-7-8-13(14-6-3-9-15-14)12-5-2-4-11(10)12/h7-8,14-15H,2-6,9H2,1H3/t14-/m0/s1. The highest BCUT2D eigenvalue weighted by molar-refractivity contribution is 5.45. The van der Waals surface area contributed by atoms with Crippen LogP contribution >= 0.6 is 0 Å². The number of nitrogens with one attached hydrogen (secondary N) is 1. The van der Waals surface area contributed by atoms with Crippen molar-refractivity contribution in [3.8, 4) is 0 Å². The highest BCUT2D eigenvalue weighted by Gasteiger charge is 2.23. The lowest BCUT2D eigenvalue weighted by Crippen LogP contribution is -2.14. The van der Waals surface area contributed by atoms with E-state index in [9.17, 15) is 0 Å². The lowest BCUT2D eigenvalue weighted by molar-refractivity contribution is 0.641. The van der Waals surface area contributed by atoms with Gasteiger partial charge in [-0.3, -0.25) is 0 Å². The first-order chi connectivity index (χ1) is 7.36. The van der Waals surface area contributed by atoms with E-state index >= 15 is 0 Å². The second-order valence-electron chi connectivity index (χ2n) is 4.93. The van der Waals surface area contributed by atoms with Crippen LogP contribution in [0.25, 0.3) is 0 Å². The van der Waals surface area contributed by atoms with E-state index in [4.69, 9.17) is 0 Å². The fraction of sp³-hybridized carbons (Fsp3) is 0.571. The van der Waals surface area contributed by atoms with E-state index in [-0.39, 0.29) is 0 Å². The molecule has 2 aliphatic rings. The van der Waals surface area contributed by atoms with Gasteiger partial charge in [0.25, 0.3) is 0 Å². The van der Waals surface area contributed by atoms with Gasteiger partial charge in [0.1, 0.15) is 0 Å². The van der Waals surface area contributed by atoms with Crippen LogP contribution in [0.4, 0.5) is 0 Å². The van der Waals surface area contributed by atoms with Gasteiger partial charge in [0.05, 0.1) is 0 Å². The van der Waals surface area contributed by atoms with Crippen molar-refractivity contribution in [1.82, 2.24) is 5.32 Å². The van der Waals surface area contributed by atoms with Crippen molar-refractivity contribution in [1.29, 1.82) is 0 Å². The Kier molecular flexibility index (Phi) is 2.28. The second kappa shape index (κ2) is 3.64. The number of hydrogen-bond acceptors (Lipinski definition) is 1. The molecule has 0 amide bonds. The monoisotopic (exact) mass is 201 g/mol. The first-order valence-electron chi connectivity index (χ1n) is 6.21. The molecule has 1 N–H and O–H groups in total. The minimum absolute atomic E-state index is 0.650. The van der Waals surface area contributed by atoms with E-state index in [2.05, 4.69) is 24.4 Å². The molecule has 1 aliphatic heterocycles. The number of fused-ring (bicyclic) bond motifs is 1. The van der Waals surface area contributed by atoms with Gasteiger partial charge in [-0.05, 0) is 67.8 Å². The molecule has 1 atom stereocenters. The summed E-state index contributed by atoms with van der Waals surface area (Å²) in [6, 6.07) is 5.33. The SMILES string of the molecule is Cc1ccc([C@@H]2CCCN2)c2c1CCC2. The Labute approximate surface area is 91.9 Å². The molecule has 15 heavy (non-hydrogen) atoms. The van der Waals surface area contributed by atoms with Gasteiger partial charge in [-0.1, -0.05) is 12.1 Å². The molecule has 1 aromatic carbocycles. The molecule has 1 heteroatoms. The average Bonchev–Trinajstić information content (AvgIpc) is 2.88. The lowest BCUT2D eigenvalue weighted by atomic mass is 9.94. The molecular weight excluding hydrogens is 182 g/mol. The van der Waals surface area contributed by atoms with E-state index in [1.165, 1.54) is 44.2 Å². The van der Waals surface area contributed by atoms with Crippen molar-refractivity contribution in [3.63, 3.8) is 0 Å². The maximum Gasteiger partial charge on any atom is 0.0323 e. The third-order valence-electron chi connectivity index (χ3n) is 3.99. The summed E-state index contributed by atoms with van der Waals surface area (Å²) in [7, 11) is 0. The van der Waals surface area contributed by atoms with Crippen LogP contribution in [0.15, 0.2) is 12.1 Å². The Morgan fingerprint density at radius 2 is 2.00 bits per heavy atom. The Bertz CT molecular complexity index is 375. The molecule has 0 spiro atoms. The third-order valence-corrected chi connectivity index (χ3v) is 3.99. The maximum atomic E-state index is 3.62. The zero-order valence-electron chi connectivity index (χ0n) is 9.47. The molecule has 0 bridgehead atoms. The van der Waals surface area contributed by atoms with Crippen molar-refractivity contribution in [2.45, 2.75) is 45.1 Å². The minimum Gasteiger partial charge on any atom is -0.310 e. The first-order valence-corrected chi connectivity index (χ1v) is 6.21. The van der Waals surface area contributed by atoms with E-state index in [0.717, 1.165) is 0 Å². The highest BCUT2D eigenvalue weighted by atomic mass is 14.9. The van der Waals surface area contributed by atoms with E-state index in [1.807, 2.05) is 0 Å². The van der Waals surface area contributed by atoms with Crippen molar-refractivity contribution in [2.24, 2.45) is 0 Å². The third kappa shape index (κ3) is 1.50. The van der Waals surface area contributed by atoms with E-state index in [0.29, 0.717) is 6.04 Å². The maximum absolute atomic E-state index is 3.62. The molecule has 1 aliphatic carbocycles. The normalized spacial score (nSPS) is 24.5. The average molecular weight is 201 g/mol. The molecule has 0 radical (unpaired) electrons. The van der Waals surface area contributed by atoms with E-state index in [1.54, 1.807) is 16.7 Å². The van der Waals surface area contributed by atoms with Crippen molar-refractivity contribution in [3.05, 3.63) is 34.4 Å². The van der Waals surface area contributed by atoms with Crippen LogP contribution in [0.5, 0.6) is 0 Å². The number of hydrogen-bond donors (Lipinski definition) is 1. The van der Waals surface area contributed by atoms with Crippen LogP contribution < -0.4 is 5.32 Å². The largest absolute Gasteiger partial charge is 0.310 e. The van der Waals surface area contributed by atoms with Gasteiger partial charge in [0.2, 0.25) is 0 Å². The topological polar surface area (TPSA) is 12.0 Å². The Morgan fingerprint density at radius 1 is 1.13 bits per heavy atom. The fourth-order valence-corrected chi connectivity index (χ4v) is 3.19. The summed E-state index contributed by atoms with van der Waals surface area (Å²) in [5.41, 5.74) is 6.44. The summed E-state index contributed by atoms with van der Waals surface area (Å²) in [6.07, 6.45) is 6.65. The Balaban J connectivity index is 2.04. The summed E-state index contributed by atoms with van der Waals surface area (Å²) < 4.78 is 0. The summed E-state index contributed by atoms with van der Waals surface area (Å²) in [4.78, 5) is 0. The number of benzene rings is 1. The van der Waals surface area contributed by atoms with Gasteiger partial charge in [0, 0.05) is 6.04 Å². The molecule has 1 heterocycles. The molecular formula is C14H19N. The summed E-state index contributed by atoms with van der Waals surface area (Å²) in [5.74, 6) is 0. The first kappa shape index (κ1) is 9.41. The van der Waals surface area contributed by atoms with Crippen LogP contribution in [0.2, 0.25) is 0 Å². The van der Waals surface area contributed by atoms with Crippen LogP contribution in [-0.4, -0.2) is 6.54 Å². The number of rotatable bonds is 1. The number of aryl methyl sites for hydroxylation is 1. The summed E-state index contributed by atoms with van der Waals surface area (Å²) >= 11 is 0. The van der Waals surface area contributed by atoms with Crippen molar-refractivity contribution >= 4 is 0 Å². The molecule has 1 fully saturated rings. The van der Waals surface area contributed by atoms with Gasteiger partial charge >= 0.3 is 0 Å². The van der Waals surface area contributed by atoms with Crippen LogP contribution in [0, 0.1) is 6.92 Å². The molecule has 1 aromatic rings. The van der Waals surface area contributed by atoms with Gasteiger partial charge in [-0.15, -0.1) is 0 Å². The summed E-state index contributed by atoms with van der Waals surface area (Å²) in [6.45, 7) is 3.46. The molecule has 1 saturated heterocycles. The smallest absolute Gasteiger partial charge is 0.0323 e. The Morgan fingerprint density at radius 3 is 2.80 bits per heavy atom. The lowest BCUT2D eigenvalue weighted by Gasteiger charge is -2.16. The predicted octanol–water partition coefficient (Wildman–Crippen LogP) is 2.91. The zero-order chi connectivity index (χ0) is 10.3. The van der Waals surface area contributed by atoms with Crippen LogP contribution in [0.1, 0.15) is 47.6 Å². The zero-order valence-corrected chi connectivity index (χ0v) is 9.47. The highest BCUT2D eigenvalue weighted by Crippen LogP contribution is 2.34. The molecule has 0 unspecified atom stereocenters. The van der Waals surface area contributed by atoms with Crippen molar-refractivity contribution in [2.75, 3.05) is 6.54 Å². The summed E-state index contributed by atoms with van der Waals surface area (Å²) in [5, 5.41) is 3.62. The van der Waals surface area contributed by atoms with Gasteiger partial charge in [-0.25, -0.2) is 0 Å². The van der Waals surface area contributed by atoms with Gasteiger partial charge < -0.3 is 5.32 Å². The molecule has 0 aromatic heterocycles. The molecule has 3 rings (SSSR count). The fourth-order valence-electron chi connectivity index (χ4n) is 3.19.